The highest BCUT2D eigenvalue weighted by Gasteiger charge is 2.46. The number of piperidine rings is 1. The van der Waals surface area contributed by atoms with Gasteiger partial charge in [-0.1, -0.05) is 0 Å². The van der Waals surface area contributed by atoms with Gasteiger partial charge in [-0.25, -0.2) is 10.0 Å². The molecule has 0 saturated carbocycles. The molecule has 3 saturated heterocycles. The molecule has 0 amide bonds. The van der Waals surface area contributed by atoms with Crippen molar-refractivity contribution in [2.45, 2.75) is 31.7 Å². The van der Waals surface area contributed by atoms with Crippen molar-refractivity contribution >= 4 is 0 Å². The minimum atomic E-state index is 0.439. The molecule has 0 aliphatic carbocycles. The Balaban J connectivity index is 1.49. The third kappa shape index (κ3) is 1.99. The Morgan fingerprint density at radius 3 is 2.25 bits per heavy atom. The van der Waals surface area contributed by atoms with Gasteiger partial charge >= 0.3 is 0 Å². The zero-order valence-electron chi connectivity index (χ0n) is 10.0. The van der Waals surface area contributed by atoms with Crippen molar-refractivity contribution < 1.29 is 4.74 Å². The van der Waals surface area contributed by atoms with Gasteiger partial charge in [0.15, 0.2) is 0 Å². The van der Waals surface area contributed by atoms with Gasteiger partial charge in [-0.15, -0.1) is 0 Å². The lowest BCUT2D eigenvalue weighted by Crippen LogP contribution is -2.65. The van der Waals surface area contributed by atoms with Gasteiger partial charge in [-0.3, -0.25) is 0 Å². The van der Waals surface area contributed by atoms with Crippen LogP contribution in [0, 0.1) is 5.41 Å². The van der Waals surface area contributed by atoms with Crippen LogP contribution in [-0.2, 0) is 4.74 Å². The summed E-state index contributed by atoms with van der Waals surface area (Å²) >= 11 is 0. The first-order chi connectivity index (χ1) is 7.77. The van der Waals surface area contributed by atoms with Crippen molar-refractivity contribution in [2.75, 3.05) is 39.4 Å². The maximum atomic E-state index is 5.93. The van der Waals surface area contributed by atoms with E-state index < -0.39 is 0 Å². The molecule has 0 aromatic rings. The van der Waals surface area contributed by atoms with Crippen molar-refractivity contribution in [2.24, 2.45) is 11.1 Å². The summed E-state index contributed by atoms with van der Waals surface area (Å²) in [6.07, 6.45) is 4.84. The van der Waals surface area contributed by atoms with E-state index in [2.05, 4.69) is 10.0 Å². The van der Waals surface area contributed by atoms with Crippen molar-refractivity contribution in [1.82, 2.24) is 10.0 Å². The van der Waals surface area contributed by atoms with Crippen LogP contribution in [0.25, 0.3) is 0 Å². The fourth-order valence-corrected chi connectivity index (χ4v) is 3.22. The lowest BCUT2D eigenvalue weighted by molar-refractivity contribution is -0.184. The average molecular weight is 225 g/mol. The van der Waals surface area contributed by atoms with Gasteiger partial charge < -0.3 is 10.5 Å². The quantitative estimate of drug-likeness (QED) is 0.703. The van der Waals surface area contributed by atoms with Crippen LogP contribution in [0.1, 0.15) is 25.7 Å². The van der Waals surface area contributed by atoms with Crippen LogP contribution in [0.5, 0.6) is 0 Å². The average Bonchev–Trinajstić information content (AvgIpc) is 2.28. The summed E-state index contributed by atoms with van der Waals surface area (Å²) < 4.78 is 5.45. The van der Waals surface area contributed by atoms with Gasteiger partial charge in [-0.2, -0.15) is 0 Å². The van der Waals surface area contributed by atoms with Crippen molar-refractivity contribution in [3.63, 3.8) is 0 Å². The number of hydrogen-bond acceptors (Lipinski definition) is 4. The first kappa shape index (κ1) is 11.0. The summed E-state index contributed by atoms with van der Waals surface area (Å²) in [6.45, 7) is 6.77. The van der Waals surface area contributed by atoms with E-state index in [4.69, 9.17) is 10.5 Å². The molecule has 0 bridgehead atoms. The van der Waals surface area contributed by atoms with E-state index in [1.807, 2.05) is 0 Å². The highest BCUT2D eigenvalue weighted by molar-refractivity contribution is 4.95. The molecule has 0 unspecified atom stereocenters. The smallest absolute Gasteiger partial charge is 0.0472 e. The summed E-state index contributed by atoms with van der Waals surface area (Å²) in [5, 5.41) is 5.06. The third-order valence-electron chi connectivity index (χ3n) is 4.51. The number of ether oxygens (including phenoxy) is 1. The minimum Gasteiger partial charge on any atom is -0.381 e. The topological polar surface area (TPSA) is 41.7 Å². The van der Waals surface area contributed by atoms with Crippen LogP contribution >= 0.6 is 0 Å². The van der Waals surface area contributed by atoms with Gasteiger partial charge in [0, 0.05) is 50.8 Å². The monoisotopic (exact) mass is 225 g/mol. The molecule has 4 heteroatoms. The maximum absolute atomic E-state index is 5.93. The van der Waals surface area contributed by atoms with E-state index in [0.717, 1.165) is 39.1 Å². The van der Waals surface area contributed by atoms with Gasteiger partial charge in [0.2, 0.25) is 0 Å². The van der Waals surface area contributed by atoms with Crippen LogP contribution in [0.3, 0.4) is 0 Å². The van der Waals surface area contributed by atoms with Crippen molar-refractivity contribution in [1.29, 1.82) is 0 Å². The van der Waals surface area contributed by atoms with E-state index in [1.165, 1.54) is 25.9 Å². The molecule has 4 nitrogen and oxygen atoms in total. The lowest BCUT2D eigenvalue weighted by atomic mass is 9.74. The van der Waals surface area contributed by atoms with Crippen LogP contribution in [0.4, 0.5) is 0 Å². The molecule has 3 aliphatic rings. The molecule has 0 radical (unpaired) electrons. The second kappa shape index (κ2) is 4.26. The summed E-state index contributed by atoms with van der Waals surface area (Å²) in [6, 6.07) is 0.439. The Morgan fingerprint density at radius 2 is 1.62 bits per heavy atom. The molecule has 92 valence electrons. The molecule has 0 atom stereocenters. The summed E-state index contributed by atoms with van der Waals surface area (Å²) in [5.41, 5.74) is 6.53. The Bertz CT molecular complexity index is 237. The molecule has 1 spiro atoms. The van der Waals surface area contributed by atoms with Crippen LogP contribution in [-0.4, -0.2) is 55.5 Å². The van der Waals surface area contributed by atoms with Crippen molar-refractivity contribution in [3.8, 4) is 0 Å². The Labute approximate surface area is 97.7 Å². The van der Waals surface area contributed by atoms with Crippen LogP contribution in [0.15, 0.2) is 0 Å². The lowest BCUT2D eigenvalue weighted by Gasteiger charge is -2.56. The summed E-state index contributed by atoms with van der Waals surface area (Å²) in [4.78, 5) is 0. The third-order valence-corrected chi connectivity index (χ3v) is 4.51. The molecule has 0 aromatic carbocycles. The number of hydrazine groups is 1. The second-order valence-electron chi connectivity index (χ2n) is 5.73. The summed E-state index contributed by atoms with van der Waals surface area (Å²) in [5.74, 6) is 0. The largest absolute Gasteiger partial charge is 0.381 e. The second-order valence-corrected chi connectivity index (χ2v) is 5.73. The first-order valence-corrected chi connectivity index (χ1v) is 6.61. The van der Waals surface area contributed by atoms with E-state index in [9.17, 15) is 0 Å². The van der Waals surface area contributed by atoms with Gasteiger partial charge in [0.25, 0.3) is 0 Å². The minimum absolute atomic E-state index is 0.439. The Kier molecular flexibility index (Phi) is 2.92. The predicted molar refractivity (Wildman–Crippen MR) is 62.8 cm³/mol. The molecule has 3 aliphatic heterocycles. The SMILES string of the molecule is NC1CCN(N2CC3(CCOCC3)C2)CC1. The molecule has 0 aromatic heterocycles. The Morgan fingerprint density at radius 1 is 1.00 bits per heavy atom. The highest BCUT2D eigenvalue weighted by Crippen LogP contribution is 2.40. The molecular formula is C12H23N3O. The van der Waals surface area contributed by atoms with Gasteiger partial charge in [-0.05, 0) is 25.7 Å². The standard InChI is InChI=1S/C12H23N3O/c13-11-1-5-14(6-2-11)15-9-12(10-15)3-7-16-8-4-12/h11H,1-10,13H2. The summed E-state index contributed by atoms with van der Waals surface area (Å²) in [7, 11) is 0. The molecule has 2 N–H and O–H groups in total. The number of nitrogens with zero attached hydrogens (tertiary/aromatic N) is 2. The van der Waals surface area contributed by atoms with Gasteiger partial charge in [0.05, 0.1) is 0 Å². The number of nitrogens with two attached hydrogens (primary N) is 1. The molecule has 16 heavy (non-hydrogen) atoms. The fourth-order valence-electron chi connectivity index (χ4n) is 3.22. The zero-order valence-corrected chi connectivity index (χ0v) is 10.0. The van der Waals surface area contributed by atoms with E-state index in [1.54, 1.807) is 0 Å². The molecule has 3 heterocycles. The van der Waals surface area contributed by atoms with Crippen LogP contribution in [0.2, 0.25) is 0 Å². The Hall–Kier alpha value is -0.160. The number of hydrogen-bond donors (Lipinski definition) is 1. The van der Waals surface area contributed by atoms with Gasteiger partial charge in [0.1, 0.15) is 0 Å². The predicted octanol–water partition coefficient (Wildman–Crippen LogP) is 0.437. The van der Waals surface area contributed by atoms with E-state index >= 15 is 0 Å². The maximum Gasteiger partial charge on any atom is 0.0472 e. The van der Waals surface area contributed by atoms with E-state index in [0.29, 0.717) is 11.5 Å². The normalized spacial score (nSPS) is 32.8. The molecular weight excluding hydrogens is 202 g/mol. The van der Waals surface area contributed by atoms with E-state index in [-0.39, 0.29) is 0 Å². The number of rotatable bonds is 1. The van der Waals surface area contributed by atoms with Crippen molar-refractivity contribution in [3.05, 3.63) is 0 Å². The molecule has 3 fully saturated rings. The fraction of sp³-hybridized carbons (Fsp3) is 1.00. The van der Waals surface area contributed by atoms with Crippen LogP contribution < -0.4 is 5.73 Å². The first-order valence-electron chi connectivity index (χ1n) is 6.61. The zero-order chi connectivity index (χ0) is 11.0. The highest BCUT2D eigenvalue weighted by atomic mass is 16.5. The molecule has 3 rings (SSSR count).